The molecule has 3 heterocycles. The number of amides is 1. The second kappa shape index (κ2) is 10.6. The van der Waals surface area contributed by atoms with Gasteiger partial charge in [-0.3, -0.25) is 9.59 Å². The number of rotatable bonds is 3. The molecule has 38 heavy (non-hydrogen) atoms. The number of carbonyl (C=O) groups excluding carboxylic acids is 3. The molecule has 2 saturated heterocycles. The van der Waals surface area contributed by atoms with Crippen molar-refractivity contribution in [2.75, 3.05) is 44.3 Å². The number of fused-ring (bicyclic) bond motifs is 1. The monoisotopic (exact) mass is 527 g/mol. The Balaban J connectivity index is 1.30. The van der Waals surface area contributed by atoms with E-state index >= 15 is 0 Å². The number of nitrogens with zero attached hydrogens (tertiary/aromatic N) is 3. The van der Waals surface area contributed by atoms with Crippen LogP contribution in [0.5, 0.6) is 0 Å². The molecule has 2 spiro atoms. The minimum Gasteiger partial charge on any atom is -0.444 e. The first-order valence-corrected chi connectivity index (χ1v) is 14.2. The molecule has 9 nitrogen and oxygen atoms in total. The molecule has 2 aliphatic carbocycles. The predicted octanol–water partition coefficient (Wildman–Crippen LogP) is 4.38. The third kappa shape index (κ3) is 5.07. The second-order valence-corrected chi connectivity index (χ2v) is 12.1. The molecule has 208 valence electrons. The molecule has 0 N–H and O–H groups in total. The van der Waals surface area contributed by atoms with Crippen LogP contribution >= 0.6 is 0 Å². The Kier molecular flexibility index (Phi) is 7.52. The van der Waals surface area contributed by atoms with Gasteiger partial charge in [-0.15, -0.1) is 0 Å². The Labute approximate surface area is 225 Å². The molecule has 1 unspecified atom stereocenters. The highest BCUT2D eigenvalue weighted by Gasteiger charge is 2.63. The lowest BCUT2D eigenvalue weighted by atomic mass is 9.57. The Hall–Kier alpha value is -2.52. The number of anilines is 1. The van der Waals surface area contributed by atoms with E-state index < -0.39 is 22.7 Å². The molecule has 5 rings (SSSR count). The molecule has 0 radical (unpaired) electrons. The maximum Gasteiger partial charge on any atom is 0.410 e. The molecule has 1 amide bonds. The van der Waals surface area contributed by atoms with Crippen molar-refractivity contribution in [1.29, 1.82) is 0 Å². The summed E-state index contributed by atoms with van der Waals surface area (Å²) in [6.45, 7) is 9.01. The van der Waals surface area contributed by atoms with Crippen LogP contribution in [0.3, 0.4) is 0 Å². The van der Waals surface area contributed by atoms with Crippen LogP contribution in [0.1, 0.15) is 82.6 Å². The molecule has 0 aromatic carbocycles. The second-order valence-electron chi connectivity index (χ2n) is 12.1. The minimum absolute atomic E-state index is 0.0228. The van der Waals surface area contributed by atoms with Crippen LogP contribution in [-0.2, 0) is 19.0 Å². The van der Waals surface area contributed by atoms with E-state index in [1.807, 2.05) is 32.9 Å². The molecule has 2 saturated carbocycles. The van der Waals surface area contributed by atoms with Gasteiger partial charge in [0.05, 0.1) is 24.5 Å². The predicted molar refractivity (Wildman–Crippen MR) is 141 cm³/mol. The summed E-state index contributed by atoms with van der Waals surface area (Å²) in [5.41, 5.74) is -0.959. The largest absolute Gasteiger partial charge is 0.444 e. The first kappa shape index (κ1) is 27.1. The van der Waals surface area contributed by atoms with Gasteiger partial charge in [-0.05, 0) is 65.0 Å². The van der Waals surface area contributed by atoms with Crippen LogP contribution < -0.4 is 4.90 Å². The van der Waals surface area contributed by atoms with Gasteiger partial charge in [0, 0.05) is 32.6 Å². The number of ketones is 2. The first-order chi connectivity index (χ1) is 18.1. The van der Waals surface area contributed by atoms with Crippen LogP contribution in [0.15, 0.2) is 18.2 Å². The van der Waals surface area contributed by atoms with Crippen LogP contribution in [-0.4, -0.2) is 78.3 Å². The molecule has 2 atom stereocenters. The number of pyridine rings is 1. The SMILES string of the molecule is CC(C)(C)OC(=O)N1CCCN(c2cccc(C(=O)C3CCC[C@@]4(CCCCC45OCCO5)C3=O)n2)CC1. The fourth-order valence-electron chi connectivity index (χ4n) is 6.73. The summed E-state index contributed by atoms with van der Waals surface area (Å²) in [5, 5.41) is 0. The van der Waals surface area contributed by atoms with Crippen LogP contribution in [0, 0.1) is 11.3 Å². The fraction of sp³-hybridized carbons (Fsp3) is 0.724. The summed E-state index contributed by atoms with van der Waals surface area (Å²) >= 11 is 0. The Morgan fingerprint density at radius 3 is 2.47 bits per heavy atom. The maximum atomic E-state index is 14.0. The van der Waals surface area contributed by atoms with Gasteiger partial charge in [-0.2, -0.15) is 0 Å². The summed E-state index contributed by atoms with van der Waals surface area (Å²) in [7, 11) is 0. The molecule has 2 aliphatic heterocycles. The fourth-order valence-corrected chi connectivity index (χ4v) is 6.73. The van der Waals surface area contributed by atoms with E-state index in [9.17, 15) is 14.4 Å². The molecule has 1 aromatic rings. The van der Waals surface area contributed by atoms with Crippen molar-refractivity contribution < 1.29 is 28.6 Å². The molecule has 4 aliphatic rings. The van der Waals surface area contributed by atoms with E-state index in [1.165, 1.54) is 0 Å². The lowest BCUT2D eigenvalue weighted by Gasteiger charge is -2.51. The van der Waals surface area contributed by atoms with Crippen LogP contribution in [0.2, 0.25) is 0 Å². The lowest BCUT2D eigenvalue weighted by molar-refractivity contribution is -0.255. The van der Waals surface area contributed by atoms with Gasteiger partial charge in [0.1, 0.15) is 17.1 Å². The van der Waals surface area contributed by atoms with Crippen molar-refractivity contribution in [2.24, 2.45) is 11.3 Å². The number of carbonyl (C=O) groups is 3. The maximum absolute atomic E-state index is 14.0. The van der Waals surface area contributed by atoms with E-state index in [-0.39, 0.29) is 17.7 Å². The topological polar surface area (TPSA) is 98.3 Å². The summed E-state index contributed by atoms with van der Waals surface area (Å²) in [4.78, 5) is 48.9. The van der Waals surface area contributed by atoms with E-state index in [1.54, 1.807) is 11.0 Å². The van der Waals surface area contributed by atoms with E-state index in [2.05, 4.69) is 4.90 Å². The van der Waals surface area contributed by atoms with E-state index in [0.717, 1.165) is 25.7 Å². The number of Topliss-reactive ketones (excluding diaryl/α,β-unsaturated/α-hetero) is 2. The van der Waals surface area contributed by atoms with E-state index in [0.29, 0.717) is 76.6 Å². The van der Waals surface area contributed by atoms with Gasteiger partial charge in [-0.25, -0.2) is 9.78 Å². The molecule has 9 heteroatoms. The molecule has 4 fully saturated rings. The minimum atomic E-state index is -0.872. The highest BCUT2D eigenvalue weighted by molar-refractivity contribution is 6.12. The average Bonchev–Trinajstić information content (AvgIpc) is 3.21. The zero-order valence-corrected chi connectivity index (χ0v) is 23.0. The third-order valence-corrected chi connectivity index (χ3v) is 8.50. The molecular formula is C29H41N3O6. The van der Waals surface area contributed by atoms with Crippen molar-refractivity contribution in [3.8, 4) is 0 Å². The van der Waals surface area contributed by atoms with Gasteiger partial charge in [0.25, 0.3) is 0 Å². The highest BCUT2D eigenvalue weighted by atomic mass is 16.7. The smallest absolute Gasteiger partial charge is 0.410 e. The molecular weight excluding hydrogens is 486 g/mol. The van der Waals surface area contributed by atoms with Gasteiger partial charge < -0.3 is 24.0 Å². The van der Waals surface area contributed by atoms with Gasteiger partial charge in [-0.1, -0.05) is 18.9 Å². The van der Waals surface area contributed by atoms with Crippen molar-refractivity contribution in [3.05, 3.63) is 23.9 Å². The molecule has 0 bridgehead atoms. The summed E-state index contributed by atoms with van der Waals surface area (Å²) < 4.78 is 17.8. The molecule has 1 aromatic heterocycles. The normalized spacial score (nSPS) is 28.0. The quantitative estimate of drug-likeness (QED) is 0.422. The number of aromatic nitrogens is 1. The number of hydrogen-bond acceptors (Lipinski definition) is 8. The van der Waals surface area contributed by atoms with Crippen molar-refractivity contribution in [2.45, 2.75) is 83.5 Å². The van der Waals surface area contributed by atoms with Crippen molar-refractivity contribution in [3.63, 3.8) is 0 Å². The van der Waals surface area contributed by atoms with Crippen LogP contribution in [0.4, 0.5) is 10.6 Å². The Morgan fingerprint density at radius 1 is 0.974 bits per heavy atom. The highest BCUT2D eigenvalue weighted by Crippen LogP contribution is 2.56. The van der Waals surface area contributed by atoms with Crippen molar-refractivity contribution >= 4 is 23.5 Å². The van der Waals surface area contributed by atoms with Gasteiger partial charge in [0.15, 0.2) is 17.4 Å². The first-order valence-electron chi connectivity index (χ1n) is 14.2. The summed E-state index contributed by atoms with van der Waals surface area (Å²) in [6, 6.07) is 5.44. The Morgan fingerprint density at radius 2 is 1.71 bits per heavy atom. The number of hydrogen-bond donors (Lipinski definition) is 0. The standard InChI is InChI=1S/C29H41N3O6/c1-27(2,3)38-26(35)32-16-8-15-31(17-18-32)23-11-6-10-22(30-23)24(33)21-9-7-13-28(25(21)34)12-4-5-14-29(28)36-19-20-37-29/h6,10-11,21H,4-5,7-9,12-20H2,1-3H3/t21?,28-/m0/s1. The lowest BCUT2D eigenvalue weighted by Crippen LogP contribution is -2.60. The number of ether oxygens (including phenoxy) is 3. The van der Waals surface area contributed by atoms with Crippen LogP contribution in [0.25, 0.3) is 0 Å². The third-order valence-electron chi connectivity index (χ3n) is 8.50. The average molecular weight is 528 g/mol. The van der Waals surface area contributed by atoms with Crippen molar-refractivity contribution in [1.82, 2.24) is 9.88 Å². The summed E-state index contributed by atoms with van der Waals surface area (Å²) in [5.74, 6) is -1.13. The zero-order valence-electron chi connectivity index (χ0n) is 23.0. The zero-order chi connectivity index (χ0) is 27.0. The van der Waals surface area contributed by atoms with Gasteiger partial charge >= 0.3 is 6.09 Å². The van der Waals surface area contributed by atoms with Gasteiger partial charge in [0.2, 0.25) is 0 Å². The summed E-state index contributed by atoms with van der Waals surface area (Å²) in [6.07, 6.45) is 5.85. The van der Waals surface area contributed by atoms with E-state index in [4.69, 9.17) is 19.2 Å². The Bertz CT molecular complexity index is 1060.